The van der Waals surface area contributed by atoms with Crippen molar-refractivity contribution < 1.29 is 19.7 Å². The van der Waals surface area contributed by atoms with Crippen molar-refractivity contribution in [3.8, 4) is 0 Å². The predicted molar refractivity (Wildman–Crippen MR) is 65.7 cm³/mol. The lowest BCUT2D eigenvalue weighted by atomic mass is 10.1. The Bertz CT molecular complexity index is 277. The van der Waals surface area contributed by atoms with E-state index in [9.17, 15) is 9.90 Å². The summed E-state index contributed by atoms with van der Waals surface area (Å²) in [5.74, 6) is 0. The standard InChI is InChI=1S/C12H23NO4/c1-8(2)6-9(10(15)7-14)13-11(16)17-12(3,4)5/h6,9-10,14-15H,7H2,1-5H3,(H,13,16). The maximum atomic E-state index is 11.5. The molecule has 0 fully saturated rings. The van der Waals surface area contributed by atoms with Gasteiger partial charge in [-0.3, -0.25) is 0 Å². The van der Waals surface area contributed by atoms with E-state index >= 15 is 0 Å². The molecule has 0 spiro atoms. The van der Waals surface area contributed by atoms with E-state index < -0.39 is 30.4 Å². The summed E-state index contributed by atoms with van der Waals surface area (Å²) >= 11 is 0. The molecule has 0 aromatic carbocycles. The number of rotatable bonds is 4. The van der Waals surface area contributed by atoms with Gasteiger partial charge in [-0.05, 0) is 34.6 Å². The number of carbonyl (C=O) groups is 1. The average molecular weight is 245 g/mol. The zero-order valence-corrected chi connectivity index (χ0v) is 11.2. The van der Waals surface area contributed by atoms with Crippen LogP contribution in [0.5, 0.6) is 0 Å². The van der Waals surface area contributed by atoms with Crippen LogP contribution < -0.4 is 5.32 Å². The van der Waals surface area contributed by atoms with E-state index in [0.717, 1.165) is 5.57 Å². The molecule has 2 unspecified atom stereocenters. The minimum atomic E-state index is -1.04. The highest BCUT2D eigenvalue weighted by Gasteiger charge is 2.22. The summed E-state index contributed by atoms with van der Waals surface area (Å²) < 4.78 is 5.07. The molecule has 0 saturated heterocycles. The van der Waals surface area contributed by atoms with Gasteiger partial charge in [0.2, 0.25) is 0 Å². The predicted octanol–water partition coefficient (Wildman–Crippen LogP) is 1.20. The van der Waals surface area contributed by atoms with Crippen LogP contribution in [0.1, 0.15) is 34.6 Å². The third-order valence-corrected chi connectivity index (χ3v) is 1.80. The lowest BCUT2D eigenvalue weighted by Crippen LogP contribution is -2.45. The molecule has 0 aliphatic rings. The van der Waals surface area contributed by atoms with Crippen LogP contribution in [0.3, 0.4) is 0 Å². The summed E-state index contributed by atoms with van der Waals surface area (Å²) in [7, 11) is 0. The Morgan fingerprint density at radius 1 is 1.41 bits per heavy atom. The average Bonchev–Trinajstić information content (AvgIpc) is 2.11. The van der Waals surface area contributed by atoms with E-state index in [1.165, 1.54) is 0 Å². The van der Waals surface area contributed by atoms with Crippen LogP contribution in [-0.4, -0.2) is 40.7 Å². The third kappa shape index (κ3) is 7.76. The first kappa shape index (κ1) is 15.9. The molecule has 0 bridgehead atoms. The SMILES string of the molecule is CC(C)=CC(NC(=O)OC(C)(C)C)C(O)CO. The van der Waals surface area contributed by atoms with Crippen molar-refractivity contribution in [2.75, 3.05) is 6.61 Å². The first-order valence-electron chi connectivity index (χ1n) is 5.59. The van der Waals surface area contributed by atoms with E-state index in [0.29, 0.717) is 0 Å². The number of allylic oxidation sites excluding steroid dienone is 1. The highest BCUT2D eigenvalue weighted by molar-refractivity contribution is 5.68. The summed E-state index contributed by atoms with van der Waals surface area (Å²) in [6, 6.07) is -0.653. The van der Waals surface area contributed by atoms with Gasteiger partial charge in [-0.15, -0.1) is 0 Å². The maximum absolute atomic E-state index is 11.5. The molecule has 0 aliphatic carbocycles. The van der Waals surface area contributed by atoms with E-state index in [1.54, 1.807) is 26.8 Å². The Kier molecular flexibility index (Phi) is 6.20. The summed E-state index contributed by atoms with van der Waals surface area (Å²) in [4.78, 5) is 11.5. The van der Waals surface area contributed by atoms with Crippen LogP contribution in [0.4, 0.5) is 4.79 Å². The molecule has 0 aromatic rings. The van der Waals surface area contributed by atoms with E-state index in [-0.39, 0.29) is 0 Å². The fraction of sp³-hybridized carbons (Fsp3) is 0.750. The number of aliphatic hydroxyl groups is 2. The number of aliphatic hydroxyl groups excluding tert-OH is 2. The zero-order valence-electron chi connectivity index (χ0n) is 11.2. The van der Waals surface area contributed by atoms with Crippen molar-refractivity contribution >= 4 is 6.09 Å². The zero-order chi connectivity index (χ0) is 13.6. The smallest absolute Gasteiger partial charge is 0.408 e. The van der Waals surface area contributed by atoms with Gasteiger partial charge >= 0.3 is 6.09 Å². The van der Waals surface area contributed by atoms with Crippen molar-refractivity contribution in [1.82, 2.24) is 5.32 Å². The summed E-state index contributed by atoms with van der Waals surface area (Å²) in [5, 5.41) is 20.9. The molecule has 1 amide bonds. The van der Waals surface area contributed by atoms with Gasteiger partial charge in [-0.2, -0.15) is 0 Å². The minimum Gasteiger partial charge on any atom is -0.444 e. The molecular weight excluding hydrogens is 222 g/mol. The topological polar surface area (TPSA) is 78.8 Å². The molecule has 5 nitrogen and oxygen atoms in total. The first-order chi connectivity index (χ1) is 7.65. The highest BCUT2D eigenvalue weighted by atomic mass is 16.6. The monoisotopic (exact) mass is 245 g/mol. The van der Waals surface area contributed by atoms with E-state index in [2.05, 4.69) is 5.32 Å². The third-order valence-electron chi connectivity index (χ3n) is 1.80. The second-order valence-corrected chi connectivity index (χ2v) is 5.17. The lowest BCUT2D eigenvalue weighted by Gasteiger charge is -2.24. The van der Waals surface area contributed by atoms with Gasteiger partial charge in [0.1, 0.15) is 11.7 Å². The van der Waals surface area contributed by atoms with Crippen molar-refractivity contribution in [2.45, 2.75) is 52.4 Å². The maximum Gasteiger partial charge on any atom is 0.408 e. The number of carbonyl (C=O) groups excluding carboxylic acids is 1. The molecule has 0 heterocycles. The van der Waals surface area contributed by atoms with Crippen LogP contribution in [0.2, 0.25) is 0 Å². The van der Waals surface area contributed by atoms with Gasteiger partial charge in [0.15, 0.2) is 0 Å². The summed E-state index contributed by atoms with van der Waals surface area (Å²) in [6.45, 7) is 8.52. The Labute approximate surface area is 102 Å². The number of nitrogens with one attached hydrogen (secondary N) is 1. The molecule has 0 aromatic heterocycles. The Morgan fingerprint density at radius 2 is 1.94 bits per heavy atom. The fourth-order valence-electron chi connectivity index (χ4n) is 1.17. The normalized spacial score (nSPS) is 14.8. The van der Waals surface area contributed by atoms with Crippen molar-refractivity contribution in [1.29, 1.82) is 0 Å². The Morgan fingerprint density at radius 3 is 2.29 bits per heavy atom. The largest absolute Gasteiger partial charge is 0.444 e. The first-order valence-corrected chi connectivity index (χ1v) is 5.59. The van der Waals surface area contributed by atoms with Crippen molar-refractivity contribution in [3.63, 3.8) is 0 Å². The van der Waals surface area contributed by atoms with E-state index in [1.807, 2.05) is 13.8 Å². The van der Waals surface area contributed by atoms with Crippen LogP contribution in [0.15, 0.2) is 11.6 Å². The lowest BCUT2D eigenvalue weighted by molar-refractivity contribution is 0.0381. The Balaban J connectivity index is 4.55. The molecule has 5 heteroatoms. The Hall–Kier alpha value is -1.07. The number of hydrogen-bond acceptors (Lipinski definition) is 4. The molecule has 100 valence electrons. The number of ether oxygens (including phenoxy) is 1. The van der Waals surface area contributed by atoms with Gasteiger partial charge in [0.05, 0.1) is 12.6 Å². The van der Waals surface area contributed by atoms with Crippen molar-refractivity contribution in [2.24, 2.45) is 0 Å². The fourth-order valence-corrected chi connectivity index (χ4v) is 1.17. The molecule has 0 rings (SSSR count). The van der Waals surface area contributed by atoms with Gasteiger partial charge in [-0.25, -0.2) is 4.79 Å². The molecular formula is C12H23NO4. The van der Waals surface area contributed by atoms with Crippen LogP contribution >= 0.6 is 0 Å². The van der Waals surface area contributed by atoms with Crippen LogP contribution in [-0.2, 0) is 4.74 Å². The molecule has 0 saturated carbocycles. The molecule has 3 N–H and O–H groups in total. The van der Waals surface area contributed by atoms with Gasteiger partial charge in [0, 0.05) is 0 Å². The van der Waals surface area contributed by atoms with Gasteiger partial charge < -0.3 is 20.3 Å². The number of amides is 1. The number of hydrogen-bond donors (Lipinski definition) is 3. The van der Waals surface area contributed by atoms with Gasteiger partial charge in [-0.1, -0.05) is 11.6 Å². The minimum absolute atomic E-state index is 0.426. The van der Waals surface area contributed by atoms with Gasteiger partial charge in [0.25, 0.3) is 0 Å². The quantitative estimate of drug-likeness (QED) is 0.650. The summed E-state index contributed by atoms with van der Waals surface area (Å²) in [6.07, 6.45) is 0.00932. The second-order valence-electron chi connectivity index (χ2n) is 5.17. The molecule has 0 radical (unpaired) electrons. The van der Waals surface area contributed by atoms with Crippen LogP contribution in [0.25, 0.3) is 0 Å². The number of alkyl carbamates (subject to hydrolysis) is 1. The molecule has 2 atom stereocenters. The molecule has 0 aliphatic heterocycles. The molecule has 17 heavy (non-hydrogen) atoms. The van der Waals surface area contributed by atoms with Crippen molar-refractivity contribution in [3.05, 3.63) is 11.6 Å². The highest BCUT2D eigenvalue weighted by Crippen LogP contribution is 2.08. The van der Waals surface area contributed by atoms with E-state index in [4.69, 9.17) is 9.84 Å². The summed E-state index contributed by atoms with van der Waals surface area (Å²) in [5.41, 5.74) is 0.336. The van der Waals surface area contributed by atoms with Crippen LogP contribution in [0, 0.1) is 0 Å². The second kappa shape index (κ2) is 6.61.